The van der Waals surface area contributed by atoms with E-state index >= 15 is 0 Å². The molecule has 8 heterocycles. The van der Waals surface area contributed by atoms with E-state index in [0.29, 0.717) is 23.4 Å². The molecule has 3 fully saturated rings. The number of imidazole rings is 2. The van der Waals surface area contributed by atoms with Gasteiger partial charge in [-0.25, -0.2) is 24.7 Å². The second-order valence-electron chi connectivity index (χ2n) is 12.2. The molecule has 0 amide bonds. The maximum absolute atomic E-state index is 11.6. The SMILES string of the molecule is Nc1ccn([C@H]2C[C@H](O)[C@@H](CO)O2)c(=O)n1.Nc1nc2c(ncn2[C@H]2C[C@H](O)[C@@H](CO)O2)c(=O)[nH]1.Nc1ncnc2c1ncn2[C@H]1C[C@H](O)[C@@H](CO)O1. The largest absolute Gasteiger partial charge is 0.394 e. The molecule has 0 aliphatic carbocycles. The summed E-state index contributed by atoms with van der Waals surface area (Å²) in [6, 6.07) is 1.48. The zero-order valence-corrected chi connectivity index (χ0v) is 27.8. The molecule has 0 bridgehead atoms. The van der Waals surface area contributed by atoms with Gasteiger partial charge in [0.2, 0.25) is 5.95 Å². The summed E-state index contributed by atoms with van der Waals surface area (Å²) in [6.45, 7) is -0.781. The highest BCUT2D eigenvalue weighted by atomic mass is 16.6. The first-order chi connectivity index (χ1) is 25.4. The maximum atomic E-state index is 11.6. The topological polar surface area (TPSA) is 369 Å². The zero-order chi connectivity index (χ0) is 38.0. The fourth-order valence-electron chi connectivity index (χ4n) is 6.03. The third-order valence-corrected chi connectivity index (χ3v) is 8.77. The van der Waals surface area contributed by atoms with Crippen molar-refractivity contribution in [1.82, 2.24) is 48.6 Å². The Bertz CT molecular complexity index is 2140. The molecule has 24 heteroatoms. The molecule has 53 heavy (non-hydrogen) atoms. The summed E-state index contributed by atoms with van der Waals surface area (Å²) in [4.78, 5) is 49.1. The number of nitrogen functional groups attached to an aromatic ring is 3. The Labute approximate surface area is 297 Å². The van der Waals surface area contributed by atoms with Crippen molar-refractivity contribution in [3.63, 3.8) is 0 Å². The Morgan fingerprint density at radius 1 is 0.698 bits per heavy atom. The van der Waals surface area contributed by atoms with E-state index in [1.165, 1.54) is 34.1 Å². The molecule has 9 atom stereocenters. The first kappa shape index (κ1) is 37.6. The first-order valence-electron chi connectivity index (χ1n) is 16.2. The number of anilines is 3. The lowest BCUT2D eigenvalue weighted by Crippen LogP contribution is -2.27. The van der Waals surface area contributed by atoms with Gasteiger partial charge in [0.1, 0.15) is 54.7 Å². The third-order valence-electron chi connectivity index (χ3n) is 8.77. The number of nitrogens with two attached hydrogens (primary N) is 3. The van der Waals surface area contributed by atoms with Crippen molar-refractivity contribution in [2.45, 2.75) is 74.6 Å². The van der Waals surface area contributed by atoms with Gasteiger partial charge in [0.25, 0.3) is 5.56 Å². The molecule has 5 aromatic heterocycles. The van der Waals surface area contributed by atoms with Crippen molar-refractivity contribution in [3.8, 4) is 0 Å². The molecular formula is C29H39N13O11. The number of aromatic amines is 1. The number of aromatic nitrogens is 10. The van der Waals surface area contributed by atoms with E-state index in [0.717, 1.165) is 0 Å². The molecular weight excluding hydrogens is 706 g/mol. The second kappa shape index (κ2) is 15.8. The molecule has 0 aromatic carbocycles. The Hall–Kier alpha value is -5.18. The molecule has 3 aliphatic heterocycles. The van der Waals surface area contributed by atoms with Crippen LogP contribution in [0.5, 0.6) is 0 Å². The minimum absolute atomic E-state index is 0.0171. The van der Waals surface area contributed by atoms with Crippen molar-refractivity contribution in [1.29, 1.82) is 0 Å². The predicted octanol–water partition coefficient (Wildman–Crippen LogP) is -4.14. The van der Waals surface area contributed by atoms with Crippen molar-refractivity contribution < 1.29 is 44.8 Å². The summed E-state index contributed by atoms with van der Waals surface area (Å²) < 4.78 is 20.8. The normalized spacial score (nSPS) is 28.2. The van der Waals surface area contributed by atoms with Crippen LogP contribution in [0, 0.1) is 0 Å². The minimum Gasteiger partial charge on any atom is -0.394 e. The quantitative estimate of drug-likeness (QED) is 0.0788. The van der Waals surface area contributed by atoms with Gasteiger partial charge in [-0.05, 0) is 6.07 Å². The van der Waals surface area contributed by atoms with Crippen LogP contribution in [-0.2, 0) is 14.2 Å². The number of rotatable bonds is 6. The van der Waals surface area contributed by atoms with Crippen LogP contribution in [0.4, 0.5) is 17.6 Å². The summed E-state index contributed by atoms with van der Waals surface area (Å²) in [5, 5.41) is 55.9. The van der Waals surface area contributed by atoms with Gasteiger partial charge in [-0.1, -0.05) is 0 Å². The van der Waals surface area contributed by atoms with E-state index in [4.69, 9.17) is 46.7 Å². The number of aliphatic hydroxyl groups is 6. The lowest BCUT2D eigenvalue weighted by Gasteiger charge is -2.13. The molecule has 3 aliphatic rings. The monoisotopic (exact) mass is 745 g/mol. The number of H-pyrrole nitrogens is 1. The lowest BCUT2D eigenvalue weighted by atomic mass is 10.2. The highest BCUT2D eigenvalue weighted by Gasteiger charge is 2.37. The van der Waals surface area contributed by atoms with Gasteiger partial charge in [0.05, 0.1) is 50.8 Å². The van der Waals surface area contributed by atoms with Crippen LogP contribution in [-0.4, -0.2) is 136 Å². The van der Waals surface area contributed by atoms with Crippen molar-refractivity contribution in [3.05, 3.63) is 52.1 Å². The van der Waals surface area contributed by atoms with E-state index in [2.05, 4.69) is 34.9 Å². The van der Waals surface area contributed by atoms with E-state index in [1.54, 1.807) is 10.9 Å². The summed E-state index contributed by atoms with van der Waals surface area (Å²) in [5.41, 5.74) is 17.1. The third kappa shape index (κ3) is 7.80. The van der Waals surface area contributed by atoms with Gasteiger partial charge >= 0.3 is 5.69 Å². The molecule has 24 nitrogen and oxygen atoms in total. The van der Waals surface area contributed by atoms with Crippen LogP contribution in [0.15, 0.2) is 40.8 Å². The van der Waals surface area contributed by atoms with Crippen LogP contribution in [0.25, 0.3) is 22.3 Å². The highest BCUT2D eigenvalue weighted by molar-refractivity contribution is 5.81. The Morgan fingerprint density at radius 2 is 1.21 bits per heavy atom. The molecule has 0 radical (unpaired) electrons. The number of nitrogens with zero attached hydrogens (tertiary/aromatic N) is 9. The smallest absolute Gasteiger partial charge is 0.351 e. The first-order valence-corrected chi connectivity index (χ1v) is 16.2. The molecule has 0 spiro atoms. The van der Waals surface area contributed by atoms with E-state index in [9.17, 15) is 24.9 Å². The average molecular weight is 746 g/mol. The van der Waals surface area contributed by atoms with Gasteiger partial charge in [-0.15, -0.1) is 0 Å². The Morgan fingerprint density at radius 3 is 1.72 bits per heavy atom. The number of ether oxygens (including phenoxy) is 3. The maximum Gasteiger partial charge on any atom is 0.351 e. The summed E-state index contributed by atoms with van der Waals surface area (Å²) in [5.74, 6) is 0.422. The van der Waals surface area contributed by atoms with Crippen LogP contribution in [0.3, 0.4) is 0 Å². The van der Waals surface area contributed by atoms with Gasteiger partial charge in [-0.2, -0.15) is 9.97 Å². The molecule has 3 saturated heterocycles. The van der Waals surface area contributed by atoms with E-state index in [1.807, 2.05) is 0 Å². The molecule has 8 rings (SSSR count). The standard InChI is InChI=1S/C10H13N5O4.C10H13N5O3.C9H13N3O4/c11-10-13-8-7(9(18)14-10)12-3-15(8)6-1-4(17)5(2-16)19-6;11-9-8-10(13-3-12-9)15(4-14-8)7-1-5(17)6(2-16)18-7;10-7-1-2-12(9(15)11-7)8-3-5(14)6(4-13)16-8/h3-6,16-17H,1-2H2,(H3,11,13,14,18);3-7,16-17H,1-2H2,(H2,11,12,13);1-2,5-6,8,13-14H,3-4H2,(H2,10,11,15)/t4-,5+,6+;5-,6+,7+;5-,6+,8+/m000/s1. The van der Waals surface area contributed by atoms with E-state index < -0.39 is 66.6 Å². The zero-order valence-electron chi connectivity index (χ0n) is 27.8. The average Bonchev–Trinajstić information content (AvgIpc) is 3.96. The lowest BCUT2D eigenvalue weighted by molar-refractivity contribution is -0.0458. The van der Waals surface area contributed by atoms with Gasteiger partial charge in [0, 0.05) is 25.5 Å². The Balaban J connectivity index is 0.000000137. The Kier molecular flexibility index (Phi) is 11.2. The van der Waals surface area contributed by atoms with Gasteiger partial charge < -0.3 is 62.1 Å². The van der Waals surface area contributed by atoms with Crippen LogP contribution in [0.2, 0.25) is 0 Å². The van der Waals surface area contributed by atoms with Crippen LogP contribution in [0.1, 0.15) is 37.9 Å². The minimum atomic E-state index is -0.778. The van der Waals surface area contributed by atoms with Crippen LogP contribution >= 0.6 is 0 Å². The highest BCUT2D eigenvalue weighted by Crippen LogP contribution is 2.32. The van der Waals surface area contributed by atoms with E-state index in [-0.39, 0.29) is 55.6 Å². The summed E-state index contributed by atoms with van der Waals surface area (Å²) in [7, 11) is 0. The van der Waals surface area contributed by atoms with Gasteiger partial charge in [0.15, 0.2) is 22.6 Å². The summed E-state index contributed by atoms with van der Waals surface area (Å²) in [6.07, 6.45) is 0.992. The molecule has 5 aromatic rings. The van der Waals surface area contributed by atoms with Crippen molar-refractivity contribution in [2.24, 2.45) is 0 Å². The van der Waals surface area contributed by atoms with Gasteiger partial charge in [-0.3, -0.25) is 23.5 Å². The number of fused-ring (bicyclic) bond motifs is 2. The number of nitrogens with one attached hydrogen (secondary N) is 1. The number of hydrogen-bond acceptors (Lipinski definition) is 20. The predicted molar refractivity (Wildman–Crippen MR) is 180 cm³/mol. The van der Waals surface area contributed by atoms with Crippen LogP contribution < -0.4 is 28.5 Å². The van der Waals surface area contributed by atoms with Crippen molar-refractivity contribution >= 4 is 39.9 Å². The molecule has 13 N–H and O–H groups in total. The number of hydrogen-bond donors (Lipinski definition) is 10. The second-order valence-corrected chi connectivity index (χ2v) is 12.2. The molecule has 0 unspecified atom stereocenters. The van der Waals surface area contributed by atoms with Crippen molar-refractivity contribution in [2.75, 3.05) is 37.0 Å². The molecule has 286 valence electrons. The summed E-state index contributed by atoms with van der Waals surface area (Å²) >= 11 is 0. The molecule has 0 saturated carbocycles. The fourth-order valence-corrected chi connectivity index (χ4v) is 6.03. The fraction of sp³-hybridized carbons (Fsp3) is 0.517. The number of aliphatic hydroxyl groups excluding tert-OH is 6.